The molecular formula is C30H34FN3O3S. The molecule has 4 heterocycles. The Balaban J connectivity index is 1.16. The summed E-state index contributed by atoms with van der Waals surface area (Å²) < 4.78 is 25.1. The molecule has 8 heteroatoms. The molecule has 0 aliphatic carbocycles. The van der Waals surface area contributed by atoms with Crippen LogP contribution in [-0.4, -0.2) is 45.3 Å². The van der Waals surface area contributed by atoms with Gasteiger partial charge in [-0.2, -0.15) is 11.8 Å². The fourth-order valence-corrected chi connectivity index (χ4v) is 5.79. The van der Waals surface area contributed by atoms with Gasteiger partial charge >= 0.3 is 6.09 Å². The third-order valence-electron chi connectivity index (χ3n) is 6.99. The van der Waals surface area contributed by atoms with E-state index < -0.39 is 5.60 Å². The predicted molar refractivity (Wildman–Crippen MR) is 148 cm³/mol. The predicted octanol–water partition coefficient (Wildman–Crippen LogP) is 6.81. The Morgan fingerprint density at radius 2 is 1.87 bits per heavy atom. The molecule has 2 aliphatic heterocycles. The van der Waals surface area contributed by atoms with Crippen molar-refractivity contribution in [3.8, 4) is 17.0 Å². The van der Waals surface area contributed by atoms with Crippen LogP contribution in [0.4, 0.5) is 9.18 Å². The van der Waals surface area contributed by atoms with Crippen LogP contribution in [0.2, 0.25) is 0 Å². The molecular weight excluding hydrogens is 501 g/mol. The fourth-order valence-electron chi connectivity index (χ4n) is 4.90. The molecule has 6 nitrogen and oxygen atoms in total. The number of amides is 1. The number of aromatic nitrogens is 2. The average molecular weight is 536 g/mol. The fraction of sp³-hybridized carbons (Fsp3) is 0.433. The number of carbonyl (C=O) groups is 1. The smallest absolute Gasteiger partial charge is 0.410 e. The normalized spacial score (nSPS) is 16.6. The summed E-state index contributed by atoms with van der Waals surface area (Å²) in [6.07, 6.45) is 6.45. The number of ether oxygens (including phenoxy) is 2. The van der Waals surface area contributed by atoms with E-state index in [1.807, 2.05) is 27.0 Å². The van der Waals surface area contributed by atoms with Gasteiger partial charge in [-0.25, -0.2) is 9.18 Å². The number of piperidine rings is 1. The van der Waals surface area contributed by atoms with Crippen molar-refractivity contribution in [1.82, 2.24) is 14.9 Å². The first-order valence-electron chi connectivity index (χ1n) is 13.1. The Hall–Kier alpha value is -3.13. The monoisotopic (exact) mass is 535 g/mol. The summed E-state index contributed by atoms with van der Waals surface area (Å²) in [5, 5.41) is 0. The van der Waals surface area contributed by atoms with Gasteiger partial charge in [0, 0.05) is 49.2 Å². The van der Waals surface area contributed by atoms with E-state index in [1.54, 1.807) is 22.7 Å². The van der Waals surface area contributed by atoms with Crippen LogP contribution in [0.15, 0.2) is 54.9 Å². The largest absolute Gasteiger partial charge is 0.487 e. The van der Waals surface area contributed by atoms with Gasteiger partial charge in [0.2, 0.25) is 0 Å². The topological polar surface area (TPSA) is 64.5 Å². The van der Waals surface area contributed by atoms with E-state index in [4.69, 9.17) is 14.5 Å². The number of pyridine rings is 2. The second kappa shape index (κ2) is 10.9. The number of halogens is 1. The van der Waals surface area contributed by atoms with Crippen LogP contribution in [-0.2, 0) is 22.7 Å². The standard InChI is InChI=1S/C30H34FN3O3S/c1-29(2,3)37-28(35)34-14-12-30(13-15-34)11-10-23-16-22(5-9-27(23)36-30)26-8-4-21(17-33-26)19-38-20-25-7-6-24(31)18-32-25/h4-9,16-18H,10-15,19-20H2,1-3H3. The number of fused-ring (bicyclic) bond motifs is 1. The van der Waals surface area contributed by atoms with Crippen molar-refractivity contribution < 1.29 is 18.7 Å². The molecule has 2 aromatic heterocycles. The molecule has 5 rings (SSSR count). The van der Waals surface area contributed by atoms with Crippen LogP contribution < -0.4 is 4.74 Å². The highest BCUT2D eigenvalue weighted by molar-refractivity contribution is 7.97. The van der Waals surface area contributed by atoms with Crippen LogP contribution in [0.25, 0.3) is 11.3 Å². The zero-order valence-electron chi connectivity index (χ0n) is 22.2. The molecule has 0 radical (unpaired) electrons. The maximum absolute atomic E-state index is 13.0. The number of benzene rings is 1. The van der Waals surface area contributed by atoms with E-state index in [-0.39, 0.29) is 17.5 Å². The number of thioether (sulfide) groups is 1. The third kappa shape index (κ3) is 6.46. The maximum atomic E-state index is 13.0. The Morgan fingerprint density at radius 3 is 2.55 bits per heavy atom. The third-order valence-corrected chi connectivity index (χ3v) is 8.03. The zero-order chi connectivity index (χ0) is 26.8. The molecule has 38 heavy (non-hydrogen) atoms. The number of hydrogen-bond donors (Lipinski definition) is 0. The highest BCUT2D eigenvalue weighted by atomic mass is 32.2. The average Bonchev–Trinajstić information content (AvgIpc) is 2.89. The summed E-state index contributed by atoms with van der Waals surface area (Å²) >= 11 is 1.73. The molecule has 3 aromatic rings. The molecule has 2 aliphatic rings. The number of hydrogen-bond acceptors (Lipinski definition) is 6. The van der Waals surface area contributed by atoms with Crippen LogP contribution in [0.3, 0.4) is 0 Å². The first-order valence-corrected chi connectivity index (χ1v) is 14.3. The first-order chi connectivity index (χ1) is 18.2. The molecule has 200 valence electrons. The van der Waals surface area contributed by atoms with Gasteiger partial charge in [-0.3, -0.25) is 9.97 Å². The molecule has 0 unspecified atom stereocenters. The van der Waals surface area contributed by atoms with Gasteiger partial charge in [0.1, 0.15) is 22.8 Å². The minimum Gasteiger partial charge on any atom is -0.487 e. The van der Waals surface area contributed by atoms with Gasteiger partial charge < -0.3 is 14.4 Å². The molecule has 0 saturated carbocycles. The van der Waals surface area contributed by atoms with E-state index in [9.17, 15) is 9.18 Å². The molecule has 0 N–H and O–H groups in total. The van der Waals surface area contributed by atoms with Crippen molar-refractivity contribution in [2.75, 3.05) is 13.1 Å². The SMILES string of the molecule is CC(C)(C)OC(=O)N1CCC2(CCc3cc(-c4ccc(CSCc5ccc(F)cn5)cn4)ccc3O2)CC1. The molecule has 0 bridgehead atoms. The zero-order valence-corrected chi connectivity index (χ0v) is 23.0. The van der Waals surface area contributed by atoms with Gasteiger partial charge in [-0.1, -0.05) is 6.07 Å². The van der Waals surface area contributed by atoms with Crippen LogP contribution >= 0.6 is 11.8 Å². The van der Waals surface area contributed by atoms with Crippen molar-refractivity contribution in [3.05, 3.63) is 77.5 Å². The quantitative estimate of drug-likeness (QED) is 0.358. The second-order valence-electron chi connectivity index (χ2n) is 11.1. The lowest BCUT2D eigenvalue weighted by Crippen LogP contribution is -2.52. The lowest BCUT2D eigenvalue weighted by atomic mass is 9.83. The number of aryl methyl sites for hydroxylation is 1. The van der Waals surface area contributed by atoms with Crippen LogP contribution in [0, 0.1) is 5.82 Å². The minimum atomic E-state index is -0.485. The van der Waals surface area contributed by atoms with E-state index in [0.29, 0.717) is 13.1 Å². The second-order valence-corrected chi connectivity index (χ2v) is 12.1. The lowest BCUT2D eigenvalue weighted by Gasteiger charge is -2.44. The van der Waals surface area contributed by atoms with Crippen LogP contribution in [0.5, 0.6) is 5.75 Å². The summed E-state index contributed by atoms with van der Waals surface area (Å²) in [5.74, 6) is 2.17. The molecule has 1 spiro atoms. The minimum absolute atomic E-state index is 0.214. The molecule has 1 aromatic carbocycles. The van der Waals surface area contributed by atoms with Crippen molar-refractivity contribution in [3.63, 3.8) is 0 Å². The van der Waals surface area contributed by atoms with Gasteiger partial charge in [0.25, 0.3) is 0 Å². The summed E-state index contributed by atoms with van der Waals surface area (Å²) in [5.41, 5.74) is 4.53. The lowest BCUT2D eigenvalue weighted by molar-refractivity contribution is -0.0272. The summed E-state index contributed by atoms with van der Waals surface area (Å²) in [6, 6.07) is 13.7. The van der Waals surface area contributed by atoms with Crippen LogP contribution in [0.1, 0.15) is 56.9 Å². The maximum Gasteiger partial charge on any atom is 0.410 e. The molecule has 1 amide bonds. The van der Waals surface area contributed by atoms with Gasteiger partial charge in [-0.15, -0.1) is 0 Å². The number of rotatable bonds is 5. The van der Waals surface area contributed by atoms with Gasteiger partial charge in [0.15, 0.2) is 0 Å². The van der Waals surface area contributed by atoms with Crippen molar-refractivity contribution >= 4 is 17.9 Å². The first kappa shape index (κ1) is 26.5. The highest BCUT2D eigenvalue weighted by Gasteiger charge is 2.41. The van der Waals surface area contributed by atoms with E-state index in [2.05, 4.69) is 35.3 Å². The van der Waals surface area contributed by atoms with Crippen molar-refractivity contribution in [2.24, 2.45) is 0 Å². The Labute approximate surface area is 228 Å². The Bertz CT molecular complexity index is 1270. The van der Waals surface area contributed by atoms with Gasteiger partial charge in [0.05, 0.1) is 17.6 Å². The Kier molecular flexibility index (Phi) is 7.61. The highest BCUT2D eigenvalue weighted by Crippen LogP contribution is 2.41. The van der Waals surface area contributed by atoms with E-state index >= 15 is 0 Å². The number of carbonyl (C=O) groups excluding carboxylic acids is 1. The molecule has 1 fully saturated rings. The number of nitrogens with zero attached hydrogens (tertiary/aromatic N) is 3. The van der Waals surface area contributed by atoms with Crippen molar-refractivity contribution in [2.45, 2.75) is 69.2 Å². The summed E-state index contributed by atoms with van der Waals surface area (Å²) in [4.78, 5) is 23.0. The van der Waals surface area contributed by atoms with Gasteiger partial charge in [-0.05, 0) is 81.1 Å². The summed E-state index contributed by atoms with van der Waals surface area (Å²) in [7, 11) is 0. The van der Waals surface area contributed by atoms with Crippen molar-refractivity contribution in [1.29, 1.82) is 0 Å². The summed E-state index contributed by atoms with van der Waals surface area (Å²) in [6.45, 7) is 6.98. The van der Waals surface area contributed by atoms with E-state index in [0.717, 1.165) is 65.5 Å². The molecule has 0 atom stereocenters. The Morgan fingerprint density at radius 1 is 1.05 bits per heavy atom. The van der Waals surface area contributed by atoms with E-state index in [1.165, 1.54) is 17.8 Å². The number of likely N-dealkylation sites (tertiary alicyclic amines) is 1. The molecule has 1 saturated heterocycles.